The molecule has 0 aromatic heterocycles. The van der Waals surface area contributed by atoms with Gasteiger partial charge in [-0.05, 0) is 61.0 Å². The predicted molar refractivity (Wildman–Crippen MR) is 94.5 cm³/mol. The summed E-state index contributed by atoms with van der Waals surface area (Å²) in [7, 11) is 1.62. The highest BCUT2D eigenvalue weighted by atomic mass is 16.5. The van der Waals surface area contributed by atoms with Crippen molar-refractivity contribution >= 4 is 0 Å². The summed E-state index contributed by atoms with van der Waals surface area (Å²) in [6.07, 6.45) is 6.55. The number of fused-ring (bicyclic) bond motifs is 5. The van der Waals surface area contributed by atoms with Gasteiger partial charge in [-0.15, -0.1) is 0 Å². The molecule has 0 aliphatic heterocycles. The Hall–Kier alpha value is -1.22. The maximum atomic E-state index is 11.5. The Morgan fingerprint density at radius 2 is 1.88 bits per heavy atom. The van der Waals surface area contributed by atoms with Crippen LogP contribution in [0.15, 0.2) is 12.1 Å². The van der Waals surface area contributed by atoms with Crippen molar-refractivity contribution in [2.24, 2.45) is 16.7 Å². The minimum atomic E-state index is -0.739. The van der Waals surface area contributed by atoms with Crippen LogP contribution in [0.25, 0.3) is 0 Å². The Morgan fingerprint density at radius 1 is 1.12 bits per heavy atom. The lowest BCUT2D eigenvalue weighted by molar-refractivity contribution is -0.139. The zero-order valence-corrected chi connectivity index (χ0v) is 15.4. The van der Waals surface area contributed by atoms with Gasteiger partial charge < -0.3 is 14.9 Å². The average molecular weight is 330 g/mol. The van der Waals surface area contributed by atoms with Gasteiger partial charge in [-0.1, -0.05) is 20.3 Å². The van der Waals surface area contributed by atoms with Crippen LogP contribution >= 0.6 is 0 Å². The van der Waals surface area contributed by atoms with Crippen molar-refractivity contribution in [3.05, 3.63) is 23.3 Å². The number of aromatic hydroxyl groups is 1. The van der Waals surface area contributed by atoms with Gasteiger partial charge in [0.2, 0.25) is 0 Å². The maximum absolute atomic E-state index is 11.5. The number of hydrogen-bond acceptors (Lipinski definition) is 3. The van der Waals surface area contributed by atoms with E-state index in [1.807, 2.05) is 13.0 Å². The van der Waals surface area contributed by atoms with Gasteiger partial charge in [0.1, 0.15) is 11.5 Å². The van der Waals surface area contributed by atoms with Crippen LogP contribution in [0.2, 0.25) is 0 Å². The predicted octanol–water partition coefficient (Wildman–Crippen LogP) is 4.40. The van der Waals surface area contributed by atoms with E-state index in [-0.39, 0.29) is 17.3 Å². The molecule has 3 nitrogen and oxygen atoms in total. The van der Waals surface area contributed by atoms with E-state index in [0.717, 1.165) is 17.5 Å². The SMILES string of the molecule is COc1cc(O)c2c(c1)C[C@@](C)(O)[C@@H]1[C@@H]2CC[C@]2(C)CCC[C@]12C. The highest BCUT2D eigenvalue weighted by molar-refractivity contribution is 5.51. The quantitative estimate of drug-likeness (QED) is 0.802. The van der Waals surface area contributed by atoms with Crippen molar-refractivity contribution in [2.75, 3.05) is 7.11 Å². The normalized spacial score (nSPS) is 43.7. The Bertz CT molecular complexity index is 680. The van der Waals surface area contributed by atoms with Crippen molar-refractivity contribution in [3.63, 3.8) is 0 Å². The van der Waals surface area contributed by atoms with E-state index in [4.69, 9.17) is 4.74 Å². The molecule has 0 radical (unpaired) electrons. The summed E-state index contributed by atoms with van der Waals surface area (Å²) in [6.45, 7) is 6.84. The molecule has 1 aromatic rings. The molecule has 3 aliphatic rings. The van der Waals surface area contributed by atoms with Crippen LogP contribution < -0.4 is 4.74 Å². The highest BCUT2D eigenvalue weighted by Gasteiger charge is 2.63. The first-order chi connectivity index (χ1) is 11.2. The van der Waals surface area contributed by atoms with E-state index in [2.05, 4.69) is 13.8 Å². The second-order valence-corrected chi connectivity index (χ2v) is 9.21. The Kier molecular flexibility index (Phi) is 3.32. The van der Waals surface area contributed by atoms with E-state index in [1.165, 1.54) is 25.7 Å². The molecule has 0 unspecified atom stereocenters. The summed E-state index contributed by atoms with van der Waals surface area (Å²) in [5, 5.41) is 22.2. The van der Waals surface area contributed by atoms with E-state index in [9.17, 15) is 10.2 Å². The molecule has 3 heteroatoms. The molecule has 2 saturated carbocycles. The summed E-state index contributed by atoms with van der Waals surface area (Å²) >= 11 is 0. The van der Waals surface area contributed by atoms with Crippen LogP contribution in [0.1, 0.15) is 69.9 Å². The van der Waals surface area contributed by atoms with E-state index in [1.54, 1.807) is 13.2 Å². The van der Waals surface area contributed by atoms with Crippen LogP contribution in [-0.4, -0.2) is 22.9 Å². The third-order valence-corrected chi connectivity index (χ3v) is 7.94. The van der Waals surface area contributed by atoms with Crippen LogP contribution in [0, 0.1) is 16.7 Å². The van der Waals surface area contributed by atoms with Crippen LogP contribution in [-0.2, 0) is 6.42 Å². The maximum Gasteiger partial charge on any atom is 0.123 e. The molecule has 5 atom stereocenters. The first-order valence-corrected chi connectivity index (χ1v) is 9.34. The molecule has 0 amide bonds. The van der Waals surface area contributed by atoms with Gasteiger partial charge in [0.15, 0.2) is 0 Å². The molecule has 0 bridgehead atoms. The Morgan fingerprint density at radius 3 is 2.58 bits per heavy atom. The van der Waals surface area contributed by atoms with Gasteiger partial charge in [-0.2, -0.15) is 0 Å². The van der Waals surface area contributed by atoms with Crippen LogP contribution in [0.5, 0.6) is 11.5 Å². The number of phenolic OH excluding ortho intramolecular Hbond substituents is 1. The summed E-state index contributed by atoms with van der Waals surface area (Å²) in [5.74, 6) is 1.47. The fraction of sp³-hybridized carbons (Fsp3) is 0.714. The van der Waals surface area contributed by atoms with Crippen molar-refractivity contribution in [1.82, 2.24) is 0 Å². The lowest BCUT2D eigenvalue weighted by Crippen LogP contribution is -2.58. The van der Waals surface area contributed by atoms with Crippen LogP contribution in [0.3, 0.4) is 0 Å². The third kappa shape index (κ3) is 1.94. The molecule has 1 aromatic carbocycles. The minimum absolute atomic E-state index is 0.142. The summed E-state index contributed by atoms with van der Waals surface area (Å²) in [4.78, 5) is 0. The number of hydrogen-bond donors (Lipinski definition) is 2. The van der Waals surface area contributed by atoms with E-state index >= 15 is 0 Å². The first-order valence-electron chi connectivity index (χ1n) is 9.34. The van der Waals surface area contributed by atoms with E-state index < -0.39 is 5.60 Å². The first kappa shape index (κ1) is 16.3. The number of benzene rings is 1. The minimum Gasteiger partial charge on any atom is -0.508 e. The molecule has 0 spiro atoms. The van der Waals surface area contributed by atoms with Crippen molar-refractivity contribution in [2.45, 2.75) is 70.8 Å². The third-order valence-electron chi connectivity index (χ3n) is 7.94. The highest BCUT2D eigenvalue weighted by Crippen LogP contribution is 2.70. The van der Waals surface area contributed by atoms with Crippen molar-refractivity contribution < 1.29 is 14.9 Å². The second kappa shape index (κ2) is 4.91. The van der Waals surface area contributed by atoms with Crippen LogP contribution in [0.4, 0.5) is 0 Å². The Balaban J connectivity index is 1.88. The average Bonchev–Trinajstić information content (AvgIpc) is 2.80. The fourth-order valence-electron chi connectivity index (χ4n) is 6.75. The molecule has 0 saturated heterocycles. The lowest BCUT2D eigenvalue weighted by Gasteiger charge is -2.60. The monoisotopic (exact) mass is 330 g/mol. The van der Waals surface area contributed by atoms with Gasteiger partial charge in [0.05, 0.1) is 12.7 Å². The molecular weight excluding hydrogens is 300 g/mol. The largest absolute Gasteiger partial charge is 0.508 e. The van der Waals surface area contributed by atoms with E-state index in [0.29, 0.717) is 23.3 Å². The zero-order chi connectivity index (χ0) is 17.3. The smallest absolute Gasteiger partial charge is 0.123 e. The molecule has 0 heterocycles. The zero-order valence-electron chi connectivity index (χ0n) is 15.4. The number of aliphatic hydroxyl groups is 1. The molecule has 4 rings (SSSR count). The fourth-order valence-corrected chi connectivity index (χ4v) is 6.75. The molecular formula is C21H30O3. The van der Waals surface area contributed by atoms with Crippen molar-refractivity contribution in [1.29, 1.82) is 0 Å². The number of phenols is 1. The summed E-state index contributed by atoms with van der Waals surface area (Å²) < 4.78 is 5.33. The molecule has 3 aliphatic carbocycles. The van der Waals surface area contributed by atoms with Gasteiger partial charge in [0, 0.05) is 24.0 Å². The summed E-state index contributed by atoms with van der Waals surface area (Å²) in [6, 6.07) is 3.74. The molecule has 2 N–H and O–H groups in total. The van der Waals surface area contributed by atoms with Gasteiger partial charge in [-0.3, -0.25) is 0 Å². The van der Waals surface area contributed by atoms with Crippen molar-refractivity contribution in [3.8, 4) is 11.5 Å². The summed E-state index contributed by atoms with van der Waals surface area (Å²) in [5.41, 5.74) is 1.85. The number of rotatable bonds is 1. The lowest BCUT2D eigenvalue weighted by atomic mass is 9.45. The molecule has 132 valence electrons. The van der Waals surface area contributed by atoms with Gasteiger partial charge in [-0.25, -0.2) is 0 Å². The van der Waals surface area contributed by atoms with Gasteiger partial charge >= 0.3 is 0 Å². The molecule has 2 fully saturated rings. The van der Waals surface area contributed by atoms with Gasteiger partial charge in [0.25, 0.3) is 0 Å². The Labute approximate surface area is 145 Å². The topological polar surface area (TPSA) is 49.7 Å². The number of ether oxygens (including phenoxy) is 1. The number of methoxy groups -OCH3 is 1. The molecule has 24 heavy (non-hydrogen) atoms. The standard InChI is InChI=1S/C21H30O3/c1-19-7-5-8-20(19,2)18-15(6-9-19)17-13(12-21(18,3)23)10-14(24-4)11-16(17)22/h10-11,15,18,22-23H,5-9,12H2,1-4H3/t15-,18-,19+,20-,21-/m1/s1. The second-order valence-electron chi connectivity index (χ2n) is 9.21.